The predicted molar refractivity (Wildman–Crippen MR) is 41.6 cm³/mol. The van der Waals surface area contributed by atoms with Crippen molar-refractivity contribution in [2.45, 2.75) is 38.2 Å². The highest BCUT2D eigenvalue weighted by molar-refractivity contribution is 4.82. The molecule has 0 heterocycles. The molecule has 1 fully saturated rings. The fourth-order valence-electron chi connectivity index (χ4n) is 1.80. The second kappa shape index (κ2) is 2.89. The Morgan fingerprint density at radius 2 is 2.40 bits per heavy atom. The zero-order chi connectivity index (χ0) is 7.61. The Kier molecular flexibility index (Phi) is 2.32. The van der Waals surface area contributed by atoms with E-state index < -0.39 is 5.60 Å². The van der Waals surface area contributed by atoms with E-state index in [1.54, 1.807) is 0 Å². The Bertz CT molecular complexity index is 112. The molecule has 0 spiro atoms. The van der Waals surface area contributed by atoms with Crippen LogP contribution < -0.4 is 5.73 Å². The first-order valence-electron chi connectivity index (χ1n) is 4.06. The van der Waals surface area contributed by atoms with Gasteiger partial charge in [-0.25, -0.2) is 0 Å². The Morgan fingerprint density at radius 3 is 2.80 bits per heavy atom. The van der Waals surface area contributed by atoms with Crippen LogP contribution in [0.15, 0.2) is 0 Å². The third kappa shape index (κ3) is 1.96. The van der Waals surface area contributed by atoms with E-state index in [2.05, 4.69) is 0 Å². The Morgan fingerprint density at radius 1 is 1.70 bits per heavy atom. The molecule has 60 valence electrons. The molecule has 2 unspecified atom stereocenters. The summed E-state index contributed by atoms with van der Waals surface area (Å²) in [4.78, 5) is 0. The maximum atomic E-state index is 9.62. The lowest BCUT2D eigenvalue weighted by Crippen LogP contribution is -2.34. The molecule has 0 amide bonds. The molecule has 0 aromatic carbocycles. The molecule has 0 aromatic rings. The van der Waals surface area contributed by atoms with Crippen LogP contribution in [0.1, 0.15) is 32.6 Å². The van der Waals surface area contributed by atoms with Crippen LogP contribution in [0.2, 0.25) is 0 Å². The van der Waals surface area contributed by atoms with Gasteiger partial charge in [-0.3, -0.25) is 0 Å². The van der Waals surface area contributed by atoms with Crippen molar-refractivity contribution in [2.24, 2.45) is 11.7 Å². The van der Waals surface area contributed by atoms with E-state index in [1.165, 1.54) is 6.42 Å². The minimum Gasteiger partial charge on any atom is -0.390 e. The summed E-state index contributed by atoms with van der Waals surface area (Å²) in [6.45, 7) is 2.64. The van der Waals surface area contributed by atoms with Gasteiger partial charge in [-0.1, -0.05) is 6.42 Å². The van der Waals surface area contributed by atoms with Crippen LogP contribution in [0, 0.1) is 5.92 Å². The lowest BCUT2D eigenvalue weighted by molar-refractivity contribution is 0.00281. The van der Waals surface area contributed by atoms with Crippen molar-refractivity contribution in [2.75, 3.05) is 6.54 Å². The van der Waals surface area contributed by atoms with E-state index in [0.717, 1.165) is 25.8 Å². The largest absolute Gasteiger partial charge is 0.390 e. The third-order valence-corrected chi connectivity index (χ3v) is 2.39. The summed E-state index contributed by atoms with van der Waals surface area (Å²) in [5, 5.41) is 9.62. The summed E-state index contributed by atoms with van der Waals surface area (Å²) in [6.07, 6.45) is 4.18. The van der Waals surface area contributed by atoms with E-state index in [4.69, 9.17) is 5.73 Å². The molecule has 1 saturated carbocycles. The van der Waals surface area contributed by atoms with E-state index in [9.17, 15) is 5.11 Å². The van der Waals surface area contributed by atoms with Crippen molar-refractivity contribution in [1.82, 2.24) is 0 Å². The highest BCUT2D eigenvalue weighted by Gasteiger charge is 2.28. The molecule has 2 atom stereocenters. The van der Waals surface area contributed by atoms with Gasteiger partial charge in [0.2, 0.25) is 0 Å². The van der Waals surface area contributed by atoms with Gasteiger partial charge in [-0.2, -0.15) is 0 Å². The maximum absolute atomic E-state index is 9.62. The van der Waals surface area contributed by atoms with Gasteiger partial charge < -0.3 is 10.8 Å². The van der Waals surface area contributed by atoms with Gasteiger partial charge >= 0.3 is 0 Å². The van der Waals surface area contributed by atoms with Gasteiger partial charge in [0.15, 0.2) is 0 Å². The van der Waals surface area contributed by atoms with E-state index >= 15 is 0 Å². The lowest BCUT2D eigenvalue weighted by Gasteiger charge is -2.33. The predicted octanol–water partition coefficient (Wildman–Crippen LogP) is 0.886. The monoisotopic (exact) mass is 143 g/mol. The van der Waals surface area contributed by atoms with Gasteiger partial charge in [-0.15, -0.1) is 0 Å². The third-order valence-electron chi connectivity index (χ3n) is 2.39. The molecule has 0 aromatic heterocycles. The highest BCUT2D eigenvalue weighted by Crippen LogP contribution is 2.30. The van der Waals surface area contributed by atoms with Gasteiger partial charge in [0, 0.05) is 0 Å². The molecule has 0 radical (unpaired) electrons. The first-order chi connectivity index (χ1) is 4.64. The molecule has 0 aliphatic heterocycles. The van der Waals surface area contributed by atoms with E-state index in [-0.39, 0.29) is 0 Å². The van der Waals surface area contributed by atoms with Crippen molar-refractivity contribution < 1.29 is 5.11 Å². The van der Waals surface area contributed by atoms with Crippen LogP contribution in [-0.4, -0.2) is 17.3 Å². The van der Waals surface area contributed by atoms with Crippen LogP contribution in [0.4, 0.5) is 0 Å². The average Bonchev–Trinajstić information content (AvgIpc) is 1.86. The van der Waals surface area contributed by atoms with Gasteiger partial charge in [-0.05, 0) is 38.6 Å². The molecule has 2 heteroatoms. The fourth-order valence-corrected chi connectivity index (χ4v) is 1.80. The average molecular weight is 143 g/mol. The van der Waals surface area contributed by atoms with Crippen molar-refractivity contribution in [1.29, 1.82) is 0 Å². The zero-order valence-electron chi connectivity index (χ0n) is 6.64. The maximum Gasteiger partial charge on any atom is 0.0622 e. The molecule has 0 bridgehead atoms. The number of rotatable bonds is 1. The van der Waals surface area contributed by atoms with Gasteiger partial charge in [0.25, 0.3) is 0 Å². The van der Waals surface area contributed by atoms with Crippen molar-refractivity contribution in [3.63, 3.8) is 0 Å². The second-order valence-corrected chi connectivity index (χ2v) is 3.70. The smallest absolute Gasteiger partial charge is 0.0622 e. The molecule has 1 rings (SSSR count). The minimum absolute atomic E-state index is 0.428. The van der Waals surface area contributed by atoms with E-state index in [0.29, 0.717) is 5.92 Å². The first-order valence-corrected chi connectivity index (χ1v) is 4.06. The van der Waals surface area contributed by atoms with Crippen molar-refractivity contribution >= 4 is 0 Å². The van der Waals surface area contributed by atoms with Crippen LogP contribution in [-0.2, 0) is 0 Å². The van der Waals surface area contributed by atoms with Crippen molar-refractivity contribution in [3.05, 3.63) is 0 Å². The molecular formula is C8H17NO. The quantitative estimate of drug-likeness (QED) is 0.572. The van der Waals surface area contributed by atoms with Crippen molar-refractivity contribution in [3.8, 4) is 0 Å². The number of hydrogen-bond donors (Lipinski definition) is 2. The Balaban J connectivity index is 2.40. The second-order valence-electron chi connectivity index (χ2n) is 3.70. The van der Waals surface area contributed by atoms with E-state index in [1.807, 2.05) is 6.92 Å². The summed E-state index contributed by atoms with van der Waals surface area (Å²) in [6, 6.07) is 0. The van der Waals surface area contributed by atoms with Gasteiger partial charge in [0.1, 0.15) is 0 Å². The molecule has 10 heavy (non-hydrogen) atoms. The van der Waals surface area contributed by atoms with Crippen LogP contribution >= 0.6 is 0 Å². The summed E-state index contributed by atoms with van der Waals surface area (Å²) < 4.78 is 0. The fraction of sp³-hybridized carbons (Fsp3) is 1.00. The summed E-state index contributed by atoms with van der Waals surface area (Å²) >= 11 is 0. The molecule has 3 N–H and O–H groups in total. The number of nitrogens with two attached hydrogens (primary N) is 1. The zero-order valence-corrected chi connectivity index (χ0v) is 6.64. The minimum atomic E-state index is -0.428. The molecule has 1 aliphatic rings. The highest BCUT2D eigenvalue weighted by atomic mass is 16.3. The summed E-state index contributed by atoms with van der Waals surface area (Å²) in [5.74, 6) is 0.559. The first kappa shape index (κ1) is 8.02. The standard InChI is InChI=1S/C8H17NO/c1-8(10)4-2-3-7(5-8)6-9/h7,10H,2-6,9H2,1H3. The topological polar surface area (TPSA) is 46.2 Å². The lowest BCUT2D eigenvalue weighted by atomic mass is 9.79. The molecule has 2 nitrogen and oxygen atoms in total. The molecule has 1 aliphatic carbocycles. The Hall–Kier alpha value is -0.0800. The summed E-state index contributed by atoms with van der Waals surface area (Å²) in [7, 11) is 0. The van der Waals surface area contributed by atoms with Crippen LogP contribution in [0.5, 0.6) is 0 Å². The normalized spacial score (nSPS) is 41.7. The SMILES string of the molecule is CC1(O)CCCC(CN)C1. The summed E-state index contributed by atoms with van der Waals surface area (Å²) in [5.41, 5.74) is 5.08. The number of hydrogen-bond acceptors (Lipinski definition) is 2. The Labute approximate surface area is 62.4 Å². The van der Waals surface area contributed by atoms with Crippen LogP contribution in [0.3, 0.4) is 0 Å². The molecule has 0 saturated heterocycles. The number of aliphatic hydroxyl groups is 1. The van der Waals surface area contributed by atoms with Gasteiger partial charge in [0.05, 0.1) is 5.60 Å². The van der Waals surface area contributed by atoms with Crippen LogP contribution in [0.25, 0.3) is 0 Å². The molecular weight excluding hydrogens is 126 g/mol.